The van der Waals surface area contributed by atoms with Crippen LogP contribution in [-0.2, 0) is 14.3 Å². The highest BCUT2D eigenvalue weighted by molar-refractivity contribution is 5.86. The number of carbonyl (C=O) groups excluding carboxylic acids is 2. The van der Waals surface area contributed by atoms with Gasteiger partial charge in [-0.05, 0) is 18.9 Å². The third-order valence-electron chi connectivity index (χ3n) is 2.69. The van der Waals surface area contributed by atoms with Crippen molar-refractivity contribution in [1.29, 1.82) is 0 Å². The zero-order valence-corrected chi connectivity index (χ0v) is 11.6. The molecular weight excluding hydrogens is 230 g/mol. The van der Waals surface area contributed by atoms with E-state index >= 15 is 0 Å². The molecule has 0 fully saturated rings. The Morgan fingerprint density at radius 3 is 2.56 bits per heavy atom. The Labute approximate surface area is 110 Å². The first-order valence-electron chi connectivity index (χ1n) is 6.65. The fourth-order valence-corrected chi connectivity index (χ4v) is 1.51. The number of hydrogen-bond acceptors (Lipinski definition) is 3. The molecule has 0 spiro atoms. The van der Waals surface area contributed by atoms with Crippen LogP contribution in [0.2, 0.25) is 0 Å². The van der Waals surface area contributed by atoms with Gasteiger partial charge in [0.15, 0.2) is 0 Å². The van der Waals surface area contributed by atoms with Crippen LogP contribution in [0, 0.1) is 0 Å². The van der Waals surface area contributed by atoms with Crippen LogP contribution in [0.3, 0.4) is 0 Å². The number of ether oxygens (including phenoxy) is 1. The Bertz CT molecular complexity index is 264. The summed E-state index contributed by atoms with van der Waals surface area (Å²) in [6.45, 7) is 6.62. The van der Waals surface area contributed by atoms with Crippen molar-refractivity contribution in [2.75, 3.05) is 20.2 Å². The summed E-state index contributed by atoms with van der Waals surface area (Å²) in [7, 11) is 1.69. The van der Waals surface area contributed by atoms with Gasteiger partial charge in [0.25, 0.3) is 0 Å². The number of esters is 1. The fourth-order valence-electron chi connectivity index (χ4n) is 1.51. The van der Waals surface area contributed by atoms with E-state index in [4.69, 9.17) is 4.74 Å². The van der Waals surface area contributed by atoms with Gasteiger partial charge < -0.3 is 9.64 Å². The van der Waals surface area contributed by atoms with Gasteiger partial charge in [0.05, 0.1) is 6.61 Å². The Morgan fingerprint density at radius 2 is 1.94 bits per heavy atom. The van der Waals surface area contributed by atoms with Crippen LogP contribution in [0.15, 0.2) is 12.7 Å². The van der Waals surface area contributed by atoms with Gasteiger partial charge in [0, 0.05) is 20.0 Å². The molecule has 0 rings (SSSR count). The summed E-state index contributed by atoms with van der Waals surface area (Å²) in [6, 6.07) is 0. The van der Waals surface area contributed by atoms with Gasteiger partial charge in [0.2, 0.25) is 5.91 Å². The summed E-state index contributed by atoms with van der Waals surface area (Å²) in [5, 5.41) is 0. The fraction of sp³-hybridized carbons (Fsp3) is 0.714. The van der Waals surface area contributed by atoms with E-state index in [2.05, 4.69) is 13.5 Å². The van der Waals surface area contributed by atoms with Crippen molar-refractivity contribution in [1.82, 2.24) is 4.90 Å². The minimum Gasteiger partial charge on any atom is -0.466 e. The molecule has 0 aromatic heterocycles. The Morgan fingerprint density at radius 1 is 1.22 bits per heavy atom. The predicted molar refractivity (Wildman–Crippen MR) is 72.2 cm³/mol. The molecule has 4 nitrogen and oxygen atoms in total. The zero-order chi connectivity index (χ0) is 13.8. The van der Waals surface area contributed by atoms with Gasteiger partial charge in [0.1, 0.15) is 0 Å². The molecule has 0 unspecified atom stereocenters. The van der Waals surface area contributed by atoms with E-state index in [0.717, 1.165) is 12.8 Å². The van der Waals surface area contributed by atoms with E-state index in [-0.39, 0.29) is 11.9 Å². The molecule has 18 heavy (non-hydrogen) atoms. The molecular formula is C14H25NO3. The molecule has 0 radical (unpaired) electrons. The molecule has 0 aromatic carbocycles. The monoisotopic (exact) mass is 255 g/mol. The van der Waals surface area contributed by atoms with Crippen LogP contribution in [0.4, 0.5) is 0 Å². The van der Waals surface area contributed by atoms with Gasteiger partial charge in [-0.3, -0.25) is 9.59 Å². The zero-order valence-electron chi connectivity index (χ0n) is 11.6. The lowest BCUT2D eigenvalue weighted by Crippen LogP contribution is -2.26. The minimum atomic E-state index is -0.175. The minimum absolute atomic E-state index is 0.122. The van der Waals surface area contributed by atoms with Crippen LogP contribution in [0.25, 0.3) is 0 Å². The summed E-state index contributed by atoms with van der Waals surface area (Å²) >= 11 is 0. The summed E-state index contributed by atoms with van der Waals surface area (Å²) in [4.78, 5) is 24.0. The highest BCUT2D eigenvalue weighted by atomic mass is 16.5. The van der Waals surface area contributed by atoms with Crippen LogP contribution in [-0.4, -0.2) is 37.0 Å². The van der Waals surface area contributed by atoms with Gasteiger partial charge in [-0.2, -0.15) is 0 Å². The lowest BCUT2D eigenvalue weighted by atomic mass is 10.2. The van der Waals surface area contributed by atoms with Crippen molar-refractivity contribution in [2.24, 2.45) is 0 Å². The van der Waals surface area contributed by atoms with Gasteiger partial charge in [-0.1, -0.05) is 32.8 Å². The van der Waals surface area contributed by atoms with E-state index < -0.39 is 0 Å². The van der Waals surface area contributed by atoms with E-state index in [0.29, 0.717) is 26.0 Å². The Balaban J connectivity index is 3.47. The number of nitrogens with zero attached hydrogens (tertiary/aromatic N) is 1. The number of rotatable bonds is 10. The smallest absolute Gasteiger partial charge is 0.305 e. The number of likely N-dealkylation sites (N-methyl/N-ethyl adjacent to an activating group) is 1. The SMILES string of the molecule is C=CC(=O)N(C)CCCC(=O)OCCCCCC. The number of amides is 1. The van der Waals surface area contributed by atoms with Crippen molar-refractivity contribution in [3.05, 3.63) is 12.7 Å². The highest BCUT2D eigenvalue weighted by Crippen LogP contribution is 2.01. The molecule has 0 bridgehead atoms. The first-order chi connectivity index (χ1) is 8.61. The van der Waals surface area contributed by atoms with Crippen molar-refractivity contribution in [3.8, 4) is 0 Å². The lowest BCUT2D eigenvalue weighted by Gasteiger charge is -2.14. The molecule has 0 saturated carbocycles. The van der Waals surface area contributed by atoms with Crippen LogP contribution in [0.5, 0.6) is 0 Å². The molecule has 0 aromatic rings. The molecule has 0 aliphatic heterocycles. The molecule has 1 amide bonds. The van der Waals surface area contributed by atoms with Crippen LogP contribution < -0.4 is 0 Å². The third kappa shape index (κ3) is 8.79. The normalized spacial score (nSPS) is 9.89. The molecule has 0 heterocycles. The van der Waals surface area contributed by atoms with Gasteiger partial charge in [-0.15, -0.1) is 0 Å². The first kappa shape index (κ1) is 16.7. The molecule has 4 heteroatoms. The first-order valence-corrected chi connectivity index (χ1v) is 6.65. The predicted octanol–water partition coefficient (Wildman–Crippen LogP) is 2.53. The van der Waals surface area contributed by atoms with E-state index in [1.54, 1.807) is 11.9 Å². The highest BCUT2D eigenvalue weighted by Gasteiger charge is 2.06. The second kappa shape index (κ2) is 10.8. The maximum absolute atomic E-state index is 11.4. The van der Waals surface area contributed by atoms with Crippen LogP contribution in [0.1, 0.15) is 45.4 Å². The summed E-state index contributed by atoms with van der Waals surface area (Å²) < 4.78 is 5.09. The second-order valence-electron chi connectivity index (χ2n) is 4.35. The van der Waals surface area contributed by atoms with Crippen molar-refractivity contribution in [3.63, 3.8) is 0 Å². The average molecular weight is 255 g/mol. The van der Waals surface area contributed by atoms with E-state index in [9.17, 15) is 9.59 Å². The summed E-state index contributed by atoms with van der Waals surface area (Å²) in [5.41, 5.74) is 0. The number of unbranched alkanes of at least 4 members (excludes halogenated alkanes) is 3. The lowest BCUT2D eigenvalue weighted by molar-refractivity contribution is -0.144. The second-order valence-corrected chi connectivity index (χ2v) is 4.35. The van der Waals surface area contributed by atoms with Crippen LogP contribution >= 0.6 is 0 Å². The summed E-state index contributed by atoms with van der Waals surface area (Å²) in [6.07, 6.45) is 6.68. The Kier molecular flexibility index (Phi) is 10.0. The topological polar surface area (TPSA) is 46.6 Å². The van der Waals surface area contributed by atoms with E-state index in [1.165, 1.54) is 18.9 Å². The molecule has 0 saturated heterocycles. The quantitative estimate of drug-likeness (QED) is 0.342. The van der Waals surface area contributed by atoms with Gasteiger partial charge in [-0.25, -0.2) is 0 Å². The standard InChI is InChI=1S/C14H25NO3/c1-4-6-7-8-12-18-14(17)10-9-11-15(3)13(16)5-2/h5H,2,4,6-12H2,1,3H3. The maximum Gasteiger partial charge on any atom is 0.305 e. The molecule has 0 aliphatic carbocycles. The number of hydrogen-bond donors (Lipinski definition) is 0. The van der Waals surface area contributed by atoms with Gasteiger partial charge >= 0.3 is 5.97 Å². The maximum atomic E-state index is 11.4. The average Bonchev–Trinajstić information content (AvgIpc) is 2.37. The summed E-state index contributed by atoms with van der Waals surface area (Å²) in [5.74, 6) is -0.297. The Hall–Kier alpha value is -1.32. The molecule has 0 N–H and O–H groups in total. The molecule has 0 aliphatic rings. The largest absolute Gasteiger partial charge is 0.466 e. The third-order valence-corrected chi connectivity index (χ3v) is 2.69. The number of carbonyl (C=O) groups is 2. The van der Waals surface area contributed by atoms with Crippen molar-refractivity contribution >= 4 is 11.9 Å². The van der Waals surface area contributed by atoms with Crippen molar-refractivity contribution in [2.45, 2.75) is 45.4 Å². The molecule has 104 valence electrons. The molecule has 0 atom stereocenters. The van der Waals surface area contributed by atoms with Crippen molar-refractivity contribution < 1.29 is 14.3 Å². The van der Waals surface area contributed by atoms with E-state index in [1.807, 2.05) is 0 Å².